The number of para-hydroxylation sites is 1. The summed E-state index contributed by atoms with van der Waals surface area (Å²) in [5.41, 5.74) is 1.60. The lowest BCUT2D eigenvalue weighted by Gasteiger charge is -2.28. The van der Waals surface area contributed by atoms with Gasteiger partial charge in [-0.1, -0.05) is 34.1 Å². The molecule has 4 rings (SSSR count). The summed E-state index contributed by atoms with van der Waals surface area (Å²) in [5.74, 6) is -0.439. The van der Waals surface area contributed by atoms with E-state index in [2.05, 4.69) is 15.9 Å². The highest BCUT2D eigenvalue weighted by atomic mass is 79.9. The van der Waals surface area contributed by atoms with E-state index >= 15 is 0 Å². The Bertz CT molecular complexity index is 1190. The number of aromatic nitrogens is 1. The van der Waals surface area contributed by atoms with Gasteiger partial charge < -0.3 is 9.30 Å². The Morgan fingerprint density at radius 3 is 2.32 bits per heavy atom. The molecule has 0 bridgehead atoms. The van der Waals surface area contributed by atoms with Gasteiger partial charge in [-0.05, 0) is 36.4 Å². The Kier molecular flexibility index (Phi) is 5.65. The second kappa shape index (κ2) is 8.39. The molecule has 31 heavy (non-hydrogen) atoms. The molecule has 0 radical (unpaired) electrons. The third-order valence-electron chi connectivity index (χ3n) is 5.16. The molecule has 1 aliphatic rings. The van der Waals surface area contributed by atoms with Crippen molar-refractivity contribution in [3.05, 3.63) is 70.3 Å². The van der Waals surface area contributed by atoms with E-state index in [-0.39, 0.29) is 5.57 Å². The molecule has 0 spiro atoms. The summed E-state index contributed by atoms with van der Waals surface area (Å²) in [6, 6.07) is 14.8. The van der Waals surface area contributed by atoms with Gasteiger partial charge in [0.05, 0.1) is 6.54 Å². The van der Waals surface area contributed by atoms with E-state index in [0.717, 1.165) is 30.9 Å². The molecule has 1 aliphatic heterocycles. The third-order valence-corrected chi connectivity index (χ3v) is 5.66. The fraction of sp³-hybridized carbons (Fsp3) is 0.174. The zero-order chi connectivity index (χ0) is 22.1. The number of carbonyl (C=O) groups excluding carboxylic acids is 3. The van der Waals surface area contributed by atoms with Gasteiger partial charge >= 0.3 is 6.03 Å². The van der Waals surface area contributed by atoms with Crippen molar-refractivity contribution in [2.24, 2.45) is 0 Å². The maximum atomic E-state index is 12.6. The number of urea groups is 1. The maximum Gasteiger partial charge on any atom is 0.333 e. The molecule has 0 saturated carbocycles. The minimum Gasteiger partial charge on any atom is -0.492 e. The molecule has 2 heterocycles. The number of rotatable bonds is 5. The van der Waals surface area contributed by atoms with Crippen LogP contribution >= 0.6 is 15.9 Å². The Morgan fingerprint density at radius 2 is 1.65 bits per heavy atom. The van der Waals surface area contributed by atoms with Gasteiger partial charge in [-0.25, -0.2) is 4.79 Å². The SMILES string of the molecule is CN1C(=O)C(=Cc2cn(CCOc3ccccc3)c3ccc(Br)cc23)C(=O)N(C)C1=O. The van der Waals surface area contributed by atoms with Crippen LogP contribution in [0.3, 0.4) is 0 Å². The van der Waals surface area contributed by atoms with Crippen LogP contribution in [-0.2, 0) is 16.1 Å². The number of nitrogens with zero attached hydrogens (tertiary/aromatic N) is 3. The number of barbiturate groups is 1. The van der Waals surface area contributed by atoms with Crippen LogP contribution in [0.5, 0.6) is 5.75 Å². The number of amides is 4. The van der Waals surface area contributed by atoms with Crippen LogP contribution < -0.4 is 4.74 Å². The molecule has 0 aliphatic carbocycles. The van der Waals surface area contributed by atoms with Crippen molar-refractivity contribution in [2.45, 2.75) is 6.54 Å². The molecule has 0 N–H and O–H groups in total. The van der Waals surface area contributed by atoms with Crippen molar-refractivity contribution in [1.82, 2.24) is 14.4 Å². The van der Waals surface area contributed by atoms with Gasteiger partial charge in [-0.3, -0.25) is 19.4 Å². The number of imide groups is 2. The standard InChI is InChI=1S/C23H20BrN3O4/c1-25-21(28)19(22(29)26(2)23(25)30)12-15-14-27(20-9-8-16(24)13-18(15)20)10-11-31-17-6-4-3-5-7-17/h3-9,12-14H,10-11H2,1-2H3. The van der Waals surface area contributed by atoms with Crippen molar-refractivity contribution in [1.29, 1.82) is 0 Å². The van der Waals surface area contributed by atoms with Gasteiger partial charge in [-0.15, -0.1) is 0 Å². The topological polar surface area (TPSA) is 71.8 Å². The fourth-order valence-corrected chi connectivity index (χ4v) is 3.87. The number of carbonyl (C=O) groups is 3. The molecule has 1 saturated heterocycles. The van der Waals surface area contributed by atoms with E-state index in [4.69, 9.17) is 4.74 Å². The largest absolute Gasteiger partial charge is 0.492 e. The summed E-state index contributed by atoms with van der Waals surface area (Å²) in [5, 5.41) is 0.879. The Morgan fingerprint density at radius 1 is 0.968 bits per heavy atom. The first-order valence-electron chi connectivity index (χ1n) is 9.65. The van der Waals surface area contributed by atoms with Crippen LogP contribution in [0.2, 0.25) is 0 Å². The first kappa shape index (κ1) is 20.9. The number of hydrogen-bond acceptors (Lipinski definition) is 4. The van der Waals surface area contributed by atoms with Gasteiger partial charge in [0.25, 0.3) is 11.8 Å². The smallest absolute Gasteiger partial charge is 0.333 e. The summed E-state index contributed by atoms with van der Waals surface area (Å²) in [6.07, 6.45) is 3.43. The molecule has 3 aromatic rings. The molecule has 7 nitrogen and oxygen atoms in total. The normalized spacial score (nSPS) is 14.5. The van der Waals surface area contributed by atoms with Gasteiger partial charge in [0.2, 0.25) is 0 Å². The lowest BCUT2D eigenvalue weighted by molar-refractivity contribution is -0.134. The predicted octanol–water partition coefficient (Wildman–Crippen LogP) is 3.92. The predicted molar refractivity (Wildman–Crippen MR) is 120 cm³/mol. The van der Waals surface area contributed by atoms with Crippen molar-refractivity contribution >= 4 is 50.8 Å². The second-order valence-corrected chi connectivity index (χ2v) is 8.09. The third kappa shape index (κ3) is 3.98. The lowest BCUT2D eigenvalue weighted by atomic mass is 10.1. The molecule has 0 atom stereocenters. The van der Waals surface area contributed by atoms with E-state index in [1.165, 1.54) is 14.1 Å². The van der Waals surface area contributed by atoms with Crippen LogP contribution in [0, 0.1) is 0 Å². The maximum absolute atomic E-state index is 12.6. The fourth-order valence-electron chi connectivity index (χ4n) is 3.51. The summed E-state index contributed by atoms with van der Waals surface area (Å²) >= 11 is 3.49. The second-order valence-electron chi connectivity index (χ2n) is 7.17. The van der Waals surface area contributed by atoms with E-state index in [9.17, 15) is 14.4 Å². The summed E-state index contributed by atoms with van der Waals surface area (Å²) in [7, 11) is 2.73. The molecule has 8 heteroatoms. The van der Waals surface area contributed by atoms with E-state index in [0.29, 0.717) is 18.7 Å². The first-order chi connectivity index (χ1) is 14.9. The number of halogens is 1. The van der Waals surface area contributed by atoms with Gasteiger partial charge in [0.15, 0.2) is 0 Å². The number of ether oxygens (including phenoxy) is 1. The molecule has 1 fully saturated rings. The van der Waals surface area contributed by atoms with Crippen LogP contribution in [0.15, 0.2) is 64.8 Å². The summed E-state index contributed by atoms with van der Waals surface area (Å²) in [4.78, 5) is 39.1. The van der Waals surface area contributed by atoms with Crippen molar-refractivity contribution in [3.8, 4) is 5.75 Å². The molecular formula is C23H20BrN3O4. The van der Waals surface area contributed by atoms with Crippen LogP contribution in [-0.4, -0.2) is 52.9 Å². The van der Waals surface area contributed by atoms with Crippen molar-refractivity contribution < 1.29 is 19.1 Å². The average Bonchev–Trinajstić information content (AvgIpc) is 3.11. The summed E-state index contributed by atoms with van der Waals surface area (Å²) < 4.78 is 8.71. The van der Waals surface area contributed by atoms with Crippen LogP contribution in [0.1, 0.15) is 5.56 Å². The Balaban J connectivity index is 1.68. The molecule has 1 aromatic heterocycles. The first-order valence-corrected chi connectivity index (χ1v) is 10.4. The van der Waals surface area contributed by atoms with Gasteiger partial charge in [0.1, 0.15) is 17.9 Å². The minimum absolute atomic E-state index is 0.0517. The van der Waals surface area contributed by atoms with E-state index < -0.39 is 17.8 Å². The summed E-state index contributed by atoms with van der Waals surface area (Å²) in [6.45, 7) is 1.04. The number of fused-ring (bicyclic) bond motifs is 1. The minimum atomic E-state index is -0.643. The molecule has 4 amide bonds. The molecule has 2 aromatic carbocycles. The highest BCUT2D eigenvalue weighted by molar-refractivity contribution is 9.10. The van der Waals surface area contributed by atoms with Crippen LogP contribution in [0.25, 0.3) is 17.0 Å². The Hall–Kier alpha value is -3.39. The quantitative estimate of drug-likeness (QED) is 0.409. The van der Waals surface area contributed by atoms with Crippen LogP contribution in [0.4, 0.5) is 4.79 Å². The van der Waals surface area contributed by atoms with Crippen molar-refractivity contribution in [3.63, 3.8) is 0 Å². The van der Waals surface area contributed by atoms with Crippen molar-refractivity contribution in [2.75, 3.05) is 20.7 Å². The number of hydrogen-bond donors (Lipinski definition) is 0. The highest BCUT2D eigenvalue weighted by Gasteiger charge is 2.37. The number of benzene rings is 2. The molecule has 0 unspecified atom stereocenters. The monoisotopic (exact) mass is 481 g/mol. The molecular weight excluding hydrogens is 462 g/mol. The lowest BCUT2D eigenvalue weighted by Crippen LogP contribution is -2.52. The number of likely N-dealkylation sites (N-methyl/N-ethyl adjacent to an activating group) is 2. The highest BCUT2D eigenvalue weighted by Crippen LogP contribution is 2.28. The molecule has 158 valence electrons. The van der Waals surface area contributed by atoms with E-state index in [1.54, 1.807) is 6.08 Å². The van der Waals surface area contributed by atoms with E-state index in [1.807, 2.05) is 59.3 Å². The van der Waals surface area contributed by atoms with Gasteiger partial charge in [-0.2, -0.15) is 0 Å². The van der Waals surface area contributed by atoms with Gasteiger partial charge in [0, 0.05) is 41.2 Å². The Labute approximate surface area is 187 Å². The average molecular weight is 482 g/mol. The zero-order valence-electron chi connectivity index (χ0n) is 17.0. The zero-order valence-corrected chi connectivity index (χ0v) is 18.6.